The number of nitrogens with two attached hydrogens (primary N) is 1. The third kappa shape index (κ3) is 4.69. The summed E-state index contributed by atoms with van der Waals surface area (Å²) in [5.41, 5.74) is 6.76. The summed E-state index contributed by atoms with van der Waals surface area (Å²) in [5.74, 6) is -0.193. The van der Waals surface area contributed by atoms with E-state index in [0.717, 1.165) is 12.8 Å². The van der Waals surface area contributed by atoms with Crippen LogP contribution in [0.15, 0.2) is 18.2 Å². The van der Waals surface area contributed by atoms with E-state index in [-0.39, 0.29) is 18.6 Å². The number of rotatable bonds is 4. The van der Waals surface area contributed by atoms with Crippen LogP contribution in [0.2, 0.25) is 5.02 Å². The highest BCUT2D eigenvalue weighted by atomic mass is 35.5. The summed E-state index contributed by atoms with van der Waals surface area (Å²) < 4.78 is 5.68. The lowest BCUT2D eigenvalue weighted by Crippen LogP contribution is -2.23. The van der Waals surface area contributed by atoms with Gasteiger partial charge in [0.05, 0.1) is 16.8 Å². The second-order valence-corrected chi connectivity index (χ2v) is 5.62. The van der Waals surface area contributed by atoms with E-state index in [0.29, 0.717) is 16.4 Å². The Morgan fingerprint density at radius 3 is 2.70 bits per heavy atom. The van der Waals surface area contributed by atoms with Crippen LogP contribution >= 0.6 is 11.6 Å². The predicted octanol–water partition coefficient (Wildman–Crippen LogP) is 3.60. The van der Waals surface area contributed by atoms with Gasteiger partial charge >= 0.3 is 0 Å². The number of benzene rings is 1. The van der Waals surface area contributed by atoms with Gasteiger partial charge in [-0.05, 0) is 31.0 Å². The Kier molecular flexibility index (Phi) is 5.68. The molecule has 5 heteroatoms. The first kappa shape index (κ1) is 15.1. The van der Waals surface area contributed by atoms with Crippen LogP contribution in [0.5, 0.6) is 0 Å². The van der Waals surface area contributed by atoms with E-state index in [4.69, 9.17) is 22.1 Å². The van der Waals surface area contributed by atoms with Gasteiger partial charge in [-0.3, -0.25) is 4.79 Å². The van der Waals surface area contributed by atoms with Crippen LogP contribution in [0.3, 0.4) is 0 Å². The summed E-state index contributed by atoms with van der Waals surface area (Å²) >= 11 is 6.00. The van der Waals surface area contributed by atoms with Gasteiger partial charge in [0.2, 0.25) is 5.91 Å². The maximum Gasteiger partial charge on any atom is 0.250 e. The van der Waals surface area contributed by atoms with Crippen LogP contribution < -0.4 is 11.1 Å². The molecule has 0 bridgehead atoms. The summed E-state index contributed by atoms with van der Waals surface area (Å²) in [5, 5.41) is 3.20. The standard InChI is InChI=1S/C15H21ClN2O2/c16-13-8-7-11(17)9-14(13)18-15(19)10-20-12-5-3-1-2-4-6-12/h7-9,12H,1-6,10,17H2,(H,18,19). The number of hydrogen-bond acceptors (Lipinski definition) is 3. The van der Waals surface area contributed by atoms with E-state index in [2.05, 4.69) is 5.32 Å². The number of nitrogen functional groups attached to an aromatic ring is 1. The molecule has 0 aliphatic heterocycles. The molecule has 1 fully saturated rings. The van der Waals surface area contributed by atoms with Crippen molar-refractivity contribution in [3.8, 4) is 0 Å². The molecule has 1 aliphatic rings. The maximum atomic E-state index is 11.9. The fraction of sp³-hybridized carbons (Fsp3) is 0.533. The molecule has 1 aromatic carbocycles. The fourth-order valence-electron chi connectivity index (χ4n) is 2.43. The molecule has 110 valence electrons. The Morgan fingerprint density at radius 2 is 2.00 bits per heavy atom. The Bertz CT molecular complexity index is 457. The van der Waals surface area contributed by atoms with Gasteiger partial charge in [-0.2, -0.15) is 0 Å². The minimum Gasteiger partial charge on any atom is -0.399 e. The first-order valence-electron chi connectivity index (χ1n) is 7.11. The van der Waals surface area contributed by atoms with Crippen molar-refractivity contribution in [2.75, 3.05) is 17.7 Å². The Labute approximate surface area is 124 Å². The molecule has 1 aromatic rings. The molecule has 0 heterocycles. The molecule has 0 unspecified atom stereocenters. The number of ether oxygens (including phenoxy) is 1. The van der Waals surface area contributed by atoms with Gasteiger partial charge in [-0.25, -0.2) is 0 Å². The van der Waals surface area contributed by atoms with Crippen LogP contribution in [0, 0.1) is 0 Å². The van der Waals surface area contributed by atoms with E-state index in [1.807, 2.05) is 0 Å². The minimum absolute atomic E-state index is 0.0653. The number of carbonyl (C=O) groups excluding carboxylic acids is 1. The average molecular weight is 297 g/mol. The number of carbonyl (C=O) groups is 1. The van der Waals surface area contributed by atoms with Gasteiger partial charge in [0.15, 0.2) is 0 Å². The molecule has 1 aliphatic carbocycles. The van der Waals surface area contributed by atoms with Crippen molar-refractivity contribution in [1.82, 2.24) is 0 Å². The zero-order chi connectivity index (χ0) is 14.4. The van der Waals surface area contributed by atoms with Crippen LogP contribution in [0.4, 0.5) is 11.4 Å². The third-order valence-corrected chi connectivity index (χ3v) is 3.85. The van der Waals surface area contributed by atoms with Crippen molar-refractivity contribution < 1.29 is 9.53 Å². The third-order valence-electron chi connectivity index (χ3n) is 3.52. The van der Waals surface area contributed by atoms with Gasteiger partial charge in [0.25, 0.3) is 0 Å². The molecule has 0 radical (unpaired) electrons. The molecule has 3 N–H and O–H groups in total. The largest absolute Gasteiger partial charge is 0.399 e. The lowest BCUT2D eigenvalue weighted by molar-refractivity contribution is -0.122. The van der Waals surface area contributed by atoms with E-state index >= 15 is 0 Å². The van der Waals surface area contributed by atoms with Gasteiger partial charge in [-0.1, -0.05) is 37.3 Å². The van der Waals surface area contributed by atoms with Crippen molar-refractivity contribution in [2.24, 2.45) is 0 Å². The molecule has 0 saturated heterocycles. The quantitative estimate of drug-likeness (QED) is 0.659. The van der Waals surface area contributed by atoms with Crippen molar-refractivity contribution in [2.45, 2.75) is 44.6 Å². The second kappa shape index (κ2) is 7.50. The minimum atomic E-state index is -0.193. The first-order chi connectivity index (χ1) is 9.65. The maximum absolute atomic E-state index is 11.9. The monoisotopic (exact) mass is 296 g/mol. The molecular weight excluding hydrogens is 276 g/mol. The van der Waals surface area contributed by atoms with Crippen molar-refractivity contribution in [3.05, 3.63) is 23.2 Å². The second-order valence-electron chi connectivity index (χ2n) is 5.21. The van der Waals surface area contributed by atoms with E-state index in [1.54, 1.807) is 18.2 Å². The van der Waals surface area contributed by atoms with Crippen molar-refractivity contribution in [1.29, 1.82) is 0 Å². The lowest BCUT2D eigenvalue weighted by atomic mass is 10.1. The highest BCUT2D eigenvalue weighted by Crippen LogP contribution is 2.24. The predicted molar refractivity (Wildman–Crippen MR) is 81.9 cm³/mol. The number of hydrogen-bond donors (Lipinski definition) is 2. The zero-order valence-corrected chi connectivity index (χ0v) is 12.3. The topological polar surface area (TPSA) is 64.3 Å². The smallest absolute Gasteiger partial charge is 0.250 e. The summed E-state index contributed by atoms with van der Waals surface area (Å²) in [7, 11) is 0. The Morgan fingerprint density at radius 1 is 1.30 bits per heavy atom. The Hall–Kier alpha value is -1.26. The molecular formula is C15H21ClN2O2. The summed E-state index contributed by atoms with van der Waals surface area (Å²) in [6, 6.07) is 5.00. The normalized spacial score (nSPS) is 16.6. The Balaban J connectivity index is 1.81. The first-order valence-corrected chi connectivity index (χ1v) is 7.49. The molecule has 20 heavy (non-hydrogen) atoms. The molecule has 1 amide bonds. The number of amides is 1. The summed E-state index contributed by atoms with van der Waals surface area (Å²) in [6.45, 7) is 0.0653. The van der Waals surface area contributed by atoms with Crippen molar-refractivity contribution in [3.63, 3.8) is 0 Å². The fourth-order valence-corrected chi connectivity index (χ4v) is 2.59. The molecule has 4 nitrogen and oxygen atoms in total. The van der Waals surface area contributed by atoms with Crippen LogP contribution in [0.1, 0.15) is 38.5 Å². The van der Waals surface area contributed by atoms with Crippen LogP contribution in [-0.4, -0.2) is 18.6 Å². The molecule has 1 saturated carbocycles. The van der Waals surface area contributed by atoms with Gasteiger partial charge in [-0.15, -0.1) is 0 Å². The van der Waals surface area contributed by atoms with Gasteiger partial charge in [0, 0.05) is 5.69 Å². The van der Waals surface area contributed by atoms with E-state index in [1.165, 1.54) is 25.7 Å². The van der Waals surface area contributed by atoms with Gasteiger partial charge < -0.3 is 15.8 Å². The van der Waals surface area contributed by atoms with E-state index in [9.17, 15) is 4.79 Å². The zero-order valence-electron chi connectivity index (χ0n) is 11.5. The highest BCUT2D eigenvalue weighted by Gasteiger charge is 2.14. The number of halogens is 1. The SMILES string of the molecule is Nc1ccc(Cl)c(NC(=O)COC2CCCCCC2)c1. The van der Waals surface area contributed by atoms with Crippen LogP contribution in [-0.2, 0) is 9.53 Å². The average Bonchev–Trinajstić information content (AvgIpc) is 2.69. The van der Waals surface area contributed by atoms with Crippen LogP contribution in [0.25, 0.3) is 0 Å². The molecule has 0 spiro atoms. The molecule has 2 rings (SSSR count). The highest BCUT2D eigenvalue weighted by molar-refractivity contribution is 6.33. The molecule has 0 atom stereocenters. The van der Waals surface area contributed by atoms with Gasteiger partial charge in [0.1, 0.15) is 6.61 Å². The van der Waals surface area contributed by atoms with Crippen molar-refractivity contribution >= 4 is 28.9 Å². The summed E-state index contributed by atoms with van der Waals surface area (Å²) in [4.78, 5) is 11.9. The van der Waals surface area contributed by atoms with E-state index < -0.39 is 0 Å². The summed E-state index contributed by atoms with van der Waals surface area (Å²) in [6.07, 6.45) is 7.22. The number of anilines is 2. The number of nitrogens with one attached hydrogen (secondary N) is 1. The molecule has 0 aromatic heterocycles. The lowest BCUT2D eigenvalue weighted by Gasteiger charge is -2.15.